The molecule has 7 rings (SSSR count). The summed E-state index contributed by atoms with van der Waals surface area (Å²) in [5.41, 5.74) is 3.39. The van der Waals surface area contributed by atoms with Crippen LogP contribution in [0.4, 0.5) is 22.4 Å². The highest BCUT2D eigenvalue weighted by atomic mass is 16.2. The van der Waals surface area contributed by atoms with E-state index < -0.39 is 0 Å². The second-order valence-electron chi connectivity index (χ2n) is 13.5. The summed E-state index contributed by atoms with van der Waals surface area (Å²) in [5, 5.41) is 23.7. The Labute approximate surface area is 285 Å². The van der Waals surface area contributed by atoms with Gasteiger partial charge in [0.25, 0.3) is 0 Å². The highest BCUT2D eigenvalue weighted by Gasteiger charge is 2.41. The van der Waals surface area contributed by atoms with Crippen LogP contribution in [0.2, 0.25) is 0 Å². The fourth-order valence-electron chi connectivity index (χ4n) is 7.31. The number of hydrogen-bond acceptors (Lipinski definition) is 9. The number of aryl methyl sites for hydroxylation is 1. The largest absolute Gasteiger partial charge is 0.356 e. The van der Waals surface area contributed by atoms with Gasteiger partial charge in [-0.3, -0.25) is 14.4 Å². The molecule has 5 heterocycles. The van der Waals surface area contributed by atoms with E-state index in [0.717, 1.165) is 74.8 Å². The van der Waals surface area contributed by atoms with E-state index in [0.29, 0.717) is 36.1 Å². The average molecular weight is 660 g/mol. The second kappa shape index (κ2) is 13.9. The highest BCUT2D eigenvalue weighted by molar-refractivity contribution is 5.91. The van der Waals surface area contributed by atoms with Gasteiger partial charge >= 0.3 is 6.03 Å². The Balaban J connectivity index is 1.02. The molecule has 0 bridgehead atoms. The average Bonchev–Trinajstić information content (AvgIpc) is 3.74. The molecule has 2 aliphatic heterocycles. The predicted molar refractivity (Wildman–Crippen MR) is 186 cm³/mol. The maximum Gasteiger partial charge on any atom is 0.323 e. The molecule has 0 atom stereocenters. The number of amides is 3. The molecule has 1 saturated carbocycles. The summed E-state index contributed by atoms with van der Waals surface area (Å²) in [4.78, 5) is 43.6. The monoisotopic (exact) mass is 659 g/mol. The van der Waals surface area contributed by atoms with Crippen LogP contribution in [0.15, 0.2) is 67.3 Å². The molecule has 3 aliphatic rings. The van der Waals surface area contributed by atoms with Gasteiger partial charge in [0.1, 0.15) is 17.5 Å². The van der Waals surface area contributed by atoms with Gasteiger partial charge in [-0.25, -0.2) is 14.8 Å². The molecular weight excluding hydrogens is 618 g/mol. The van der Waals surface area contributed by atoms with E-state index in [1.165, 1.54) is 0 Å². The Morgan fingerprint density at radius 3 is 2.49 bits per heavy atom. The van der Waals surface area contributed by atoms with Crippen molar-refractivity contribution in [2.24, 2.45) is 12.5 Å². The van der Waals surface area contributed by atoms with E-state index in [1.54, 1.807) is 28.2 Å². The molecular formula is C36H41N11O2. The number of carbonyl (C=O) groups excluding carboxylic acids is 2. The zero-order valence-electron chi connectivity index (χ0n) is 27.7. The SMILES string of the molecule is Cn1cc(-c2ccc(N(C(=O)NCc3ccccc3)C3CCC(Nc4ncc(C#N)c(N5CCC6(CC5)CNC(=O)C6)n4)CC3)nc2)cn1. The summed E-state index contributed by atoms with van der Waals surface area (Å²) in [6, 6.07) is 15.9. The first kappa shape index (κ1) is 32.1. The number of pyridine rings is 1. The van der Waals surface area contributed by atoms with Gasteiger partial charge in [0.2, 0.25) is 11.9 Å². The molecule has 49 heavy (non-hydrogen) atoms. The molecule has 1 spiro atoms. The number of rotatable bonds is 8. The molecule has 3 amide bonds. The molecule has 0 radical (unpaired) electrons. The van der Waals surface area contributed by atoms with Crippen molar-refractivity contribution < 1.29 is 9.59 Å². The normalized spacial score (nSPS) is 20.0. The third-order valence-corrected chi connectivity index (χ3v) is 10.1. The molecule has 13 heteroatoms. The second-order valence-corrected chi connectivity index (χ2v) is 13.5. The van der Waals surface area contributed by atoms with Crippen molar-refractivity contribution in [1.29, 1.82) is 5.26 Å². The fraction of sp³-hybridized carbons (Fsp3) is 0.417. The summed E-state index contributed by atoms with van der Waals surface area (Å²) < 4.78 is 1.75. The number of piperidine rings is 1. The van der Waals surface area contributed by atoms with Crippen LogP contribution in [0.5, 0.6) is 0 Å². The third-order valence-electron chi connectivity index (χ3n) is 10.1. The van der Waals surface area contributed by atoms with Gasteiger partial charge in [-0.15, -0.1) is 0 Å². The lowest BCUT2D eigenvalue weighted by molar-refractivity contribution is -0.119. The van der Waals surface area contributed by atoms with Crippen LogP contribution in [0.3, 0.4) is 0 Å². The van der Waals surface area contributed by atoms with Crippen molar-refractivity contribution in [3.05, 3.63) is 78.4 Å². The lowest BCUT2D eigenvalue weighted by atomic mass is 9.77. The first-order valence-corrected chi connectivity index (χ1v) is 17.0. The molecule has 3 fully saturated rings. The Kier molecular flexibility index (Phi) is 9.11. The van der Waals surface area contributed by atoms with E-state index in [1.807, 2.05) is 55.7 Å². The Morgan fingerprint density at radius 1 is 1.04 bits per heavy atom. The number of carbonyl (C=O) groups is 2. The minimum atomic E-state index is -0.178. The van der Waals surface area contributed by atoms with Crippen LogP contribution in [0.25, 0.3) is 11.1 Å². The number of anilines is 3. The lowest BCUT2D eigenvalue weighted by Gasteiger charge is -2.39. The smallest absolute Gasteiger partial charge is 0.323 e. The first-order chi connectivity index (χ1) is 23.9. The fourth-order valence-corrected chi connectivity index (χ4v) is 7.31. The zero-order chi connectivity index (χ0) is 33.8. The number of urea groups is 1. The van der Waals surface area contributed by atoms with E-state index in [9.17, 15) is 14.9 Å². The highest BCUT2D eigenvalue weighted by Crippen LogP contribution is 2.39. The first-order valence-electron chi connectivity index (χ1n) is 17.0. The van der Waals surface area contributed by atoms with Crippen molar-refractivity contribution in [3.63, 3.8) is 0 Å². The van der Waals surface area contributed by atoms with Crippen LogP contribution >= 0.6 is 0 Å². The third kappa shape index (κ3) is 7.18. The number of benzene rings is 1. The van der Waals surface area contributed by atoms with Gasteiger partial charge in [-0.1, -0.05) is 30.3 Å². The molecule has 13 nitrogen and oxygen atoms in total. The van der Waals surface area contributed by atoms with E-state index in [4.69, 9.17) is 9.97 Å². The van der Waals surface area contributed by atoms with Crippen LogP contribution < -0.4 is 25.8 Å². The molecule has 1 aromatic carbocycles. The Bertz CT molecular complexity index is 1820. The number of nitrogens with one attached hydrogen (secondary N) is 3. The van der Waals surface area contributed by atoms with E-state index in [-0.39, 0.29) is 29.4 Å². The van der Waals surface area contributed by atoms with Crippen molar-refractivity contribution in [2.45, 2.75) is 63.6 Å². The molecule has 3 aromatic heterocycles. The minimum absolute atomic E-state index is 0.0103. The number of aromatic nitrogens is 5. The van der Waals surface area contributed by atoms with Crippen molar-refractivity contribution >= 4 is 29.5 Å². The molecule has 2 saturated heterocycles. The number of hydrogen-bond donors (Lipinski definition) is 3. The lowest BCUT2D eigenvalue weighted by Crippen LogP contribution is -2.49. The quantitative estimate of drug-likeness (QED) is 0.250. The summed E-state index contributed by atoms with van der Waals surface area (Å²) >= 11 is 0. The van der Waals surface area contributed by atoms with Gasteiger partial charge in [0.15, 0.2) is 5.82 Å². The number of nitriles is 1. The Morgan fingerprint density at radius 2 is 1.84 bits per heavy atom. The predicted octanol–water partition coefficient (Wildman–Crippen LogP) is 4.39. The molecule has 252 valence electrons. The van der Waals surface area contributed by atoms with Gasteiger partial charge in [0.05, 0.1) is 12.4 Å². The summed E-state index contributed by atoms with van der Waals surface area (Å²) in [7, 11) is 1.88. The molecule has 1 aliphatic carbocycles. The van der Waals surface area contributed by atoms with Gasteiger partial charge < -0.3 is 20.9 Å². The van der Waals surface area contributed by atoms with Crippen molar-refractivity contribution in [3.8, 4) is 17.2 Å². The van der Waals surface area contributed by atoms with Gasteiger partial charge in [-0.05, 0) is 61.6 Å². The van der Waals surface area contributed by atoms with Gasteiger partial charge in [-0.2, -0.15) is 15.3 Å². The van der Waals surface area contributed by atoms with Gasteiger partial charge in [0, 0.05) is 75.3 Å². The standard InChI is InChI=1S/C36H41N11O2/c1-45-23-28(22-42-45)26-7-12-31(38-20-26)47(35(49)40-19-25-5-3-2-4-6-25)30-10-8-29(9-11-30)43-34-39-21-27(18-37)33(44-34)46-15-13-36(14-16-46)17-32(48)41-24-36/h2-7,12,20-23,29-30H,8-11,13-17,19,24H2,1H3,(H,40,49)(H,41,48)(H,39,43,44). The summed E-state index contributed by atoms with van der Waals surface area (Å²) in [6.07, 6.45) is 12.6. The van der Waals surface area contributed by atoms with Crippen molar-refractivity contribution in [1.82, 2.24) is 35.4 Å². The zero-order valence-corrected chi connectivity index (χ0v) is 27.7. The minimum Gasteiger partial charge on any atom is -0.356 e. The molecule has 0 unspecified atom stereocenters. The van der Waals surface area contributed by atoms with Crippen LogP contribution in [-0.2, 0) is 18.4 Å². The van der Waals surface area contributed by atoms with E-state index >= 15 is 0 Å². The van der Waals surface area contributed by atoms with Crippen LogP contribution in [0.1, 0.15) is 56.1 Å². The van der Waals surface area contributed by atoms with E-state index in [2.05, 4.69) is 37.0 Å². The van der Waals surface area contributed by atoms with Crippen LogP contribution in [0, 0.1) is 16.7 Å². The summed E-state index contributed by atoms with van der Waals surface area (Å²) in [6.45, 7) is 2.63. The summed E-state index contributed by atoms with van der Waals surface area (Å²) in [5.74, 6) is 1.87. The maximum absolute atomic E-state index is 13.8. The topological polar surface area (TPSA) is 157 Å². The molecule has 4 aromatic rings. The van der Waals surface area contributed by atoms with Crippen LogP contribution in [-0.4, -0.2) is 68.4 Å². The van der Waals surface area contributed by atoms with Crippen molar-refractivity contribution in [2.75, 3.05) is 34.8 Å². The Hall–Kier alpha value is -5.51. The molecule has 3 N–H and O–H groups in total. The number of nitrogens with zero attached hydrogens (tertiary/aromatic N) is 8. The maximum atomic E-state index is 13.8.